The molecule has 0 spiro atoms. The van der Waals surface area contributed by atoms with Gasteiger partial charge in [-0.2, -0.15) is 0 Å². The highest BCUT2D eigenvalue weighted by atomic mass is 35.5. The predicted molar refractivity (Wildman–Crippen MR) is 80.7 cm³/mol. The molecule has 3 N–H and O–H groups in total. The van der Waals surface area contributed by atoms with Crippen molar-refractivity contribution in [2.45, 2.75) is 11.3 Å². The molecular formula is C13H18ClN3OS. The number of amides is 1. The van der Waals surface area contributed by atoms with E-state index in [0.29, 0.717) is 16.5 Å². The Labute approximate surface area is 122 Å². The zero-order chi connectivity index (χ0) is 13.7. The van der Waals surface area contributed by atoms with Crippen molar-refractivity contribution in [1.29, 1.82) is 0 Å². The summed E-state index contributed by atoms with van der Waals surface area (Å²) >= 11 is 7.38. The van der Waals surface area contributed by atoms with Gasteiger partial charge < -0.3 is 16.0 Å². The topological polar surface area (TPSA) is 58.4 Å². The van der Waals surface area contributed by atoms with Crippen LogP contribution in [-0.2, 0) is 4.79 Å². The van der Waals surface area contributed by atoms with Crippen molar-refractivity contribution >= 4 is 35.0 Å². The van der Waals surface area contributed by atoms with Gasteiger partial charge in [-0.1, -0.05) is 11.6 Å². The van der Waals surface area contributed by atoms with E-state index >= 15 is 0 Å². The third kappa shape index (κ3) is 4.30. The number of hydrogen-bond acceptors (Lipinski definition) is 4. The van der Waals surface area contributed by atoms with Crippen molar-refractivity contribution in [3.8, 4) is 0 Å². The summed E-state index contributed by atoms with van der Waals surface area (Å²) in [6, 6.07) is 5.33. The van der Waals surface area contributed by atoms with Gasteiger partial charge in [0.25, 0.3) is 0 Å². The highest BCUT2D eigenvalue weighted by molar-refractivity contribution is 8.00. The Morgan fingerprint density at radius 2 is 2.26 bits per heavy atom. The number of nitrogen functional groups attached to an aromatic ring is 1. The molecule has 4 nitrogen and oxygen atoms in total. The number of nitrogens with one attached hydrogen (secondary N) is 1. The largest absolute Gasteiger partial charge is 0.398 e. The second-order valence-electron chi connectivity index (χ2n) is 4.46. The predicted octanol–water partition coefficient (Wildman–Crippen LogP) is 1.84. The fraction of sp³-hybridized carbons (Fsp3) is 0.462. The molecule has 0 aliphatic carbocycles. The molecule has 1 amide bonds. The van der Waals surface area contributed by atoms with Crippen LogP contribution < -0.4 is 11.1 Å². The maximum Gasteiger partial charge on any atom is 0.232 e. The Morgan fingerprint density at radius 1 is 1.42 bits per heavy atom. The Morgan fingerprint density at radius 3 is 3.11 bits per heavy atom. The molecule has 19 heavy (non-hydrogen) atoms. The number of halogens is 1. The van der Waals surface area contributed by atoms with E-state index in [1.165, 1.54) is 11.8 Å². The molecule has 0 radical (unpaired) electrons. The number of carbonyl (C=O) groups excluding carboxylic acids is 1. The second kappa shape index (κ2) is 7.03. The lowest BCUT2D eigenvalue weighted by molar-refractivity contribution is -0.128. The van der Waals surface area contributed by atoms with Crippen LogP contribution in [0.3, 0.4) is 0 Å². The van der Waals surface area contributed by atoms with Crippen molar-refractivity contribution in [1.82, 2.24) is 10.2 Å². The first kappa shape index (κ1) is 14.5. The van der Waals surface area contributed by atoms with Crippen molar-refractivity contribution in [3.05, 3.63) is 23.2 Å². The lowest BCUT2D eigenvalue weighted by atomic mass is 10.3. The number of anilines is 1. The van der Waals surface area contributed by atoms with Gasteiger partial charge in [-0.05, 0) is 31.2 Å². The second-order valence-corrected chi connectivity index (χ2v) is 5.91. The first-order valence-corrected chi connectivity index (χ1v) is 7.69. The van der Waals surface area contributed by atoms with Gasteiger partial charge in [0, 0.05) is 35.2 Å². The van der Waals surface area contributed by atoms with E-state index in [2.05, 4.69) is 5.32 Å². The van der Waals surface area contributed by atoms with Crippen molar-refractivity contribution in [3.63, 3.8) is 0 Å². The highest BCUT2D eigenvalue weighted by Crippen LogP contribution is 2.28. The summed E-state index contributed by atoms with van der Waals surface area (Å²) < 4.78 is 0. The summed E-state index contributed by atoms with van der Waals surface area (Å²) in [7, 11) is 0. The van der Waals surface area contributed by atoms with E-state index < -0.39 is 0 Å². The number of nitrogens with two attached hydrogens (primary N) is 1. The molecule has 1 fully saturated rings. The number of nitrogens with zero attached hydrogens (tertiary/aromatic N) is 1. The van der Waals surface area contributed by atoms with E-state index in [0.717, 1.165) is 37.5 Å². The van der Waals surface area contributed by atoms with Gasteiger partial charge in [-0.25, -0.2) is 0 Å². The van der Waals surface area contributed by atoms with Crippen LogP contribution in [0.25, 0.3) is 0 Å². The van der Waals surface area contributed by atoms with Crippen LogP contribution in [-0.4, -0.2) is 42.7 Å². The summed E-state index contributed by atoms with van der Waals surface area (Å²) in [5.74, 6) is 0.568. The van der Waals surface area contributed by atoms with Gasteiger partial charge in [0.15, 0.2) is 0 Å². The minimum absolute atomic E-state index is 0.160. The molecule has 0 atom stereocenters. The minimum atomic E-state index is 0.160. The first-order chi connectivity index (χ1) is 9.16. The fourth-order valence-corrected chi connectivity index (χ4v) is 3.10. The molecule has 0 aromatic heterocycles. The Bertz CT molecular complexity index is 448. The summed E-state index contributed by atoms with van der Waals surface area (Å²) in [5.41, 5.74) is 6.53. The minimum Gasteiger partial charge on any atom is -0.398 e. The lowest BCUT2D eigenvalue weighted by Crippen LogP contribution is -2.35. The summed E-state index contributed by atoms with van der Waals surface area (Å²) in [6.07, 6.45) is 1.01. The Kier molecular flexibility index (Phi) is 5.36. The van der Waals surface area contributed by atoms with Crippen LogP contribution in [0.2, 0.25) is 5.02 Å². The van der Waals surface area contributed by atoms with Gasteiger partial charge in [0.05, 0.1) is 5.75 Å². The van der Waals surface area contributed by atoms with E-state index in [-0.39, 0.29) is 5.91 Å². The SMILES string of the molecule is Nc1ccc(Cl)cc1SCC(=O)N1CCCNCC1. The average molecular weight is 300 g/mol. The molecular weight excluding hydrogens is 282 g/mol. The number of rotatable bonds is 3. The quantitative estimate of drug-likeness (QED) is 0.660. The van der Waals surface area contributed by atoms with E-state index in [4.69, 9.17) is 17.3 Å². The van der Waals surface area contributed by atoms with Crippen LogP contribution >= 0.6 is 23.4 Å². The molecule has 6 heteroatoms. The molecule has 1 saturated heterocycles. The van der Waals surface area contributed by atoms with Crippen molar-refractivity contribution in [2.24, 2.45) is 0 Å². The van der Waals surface area contributed by atoms with E-state index in [9.17, 15) is 4.79 Å². The van der Waals surface area contributed by atoms with Gasteiger partial charge >= 0.3 is 0 Å². The van der Waals surface area contributed by atoms with Crippen molar-refractivity contribution in [2.75, 3.05) is 37.7 Å². The molecule has 104 valence electrons. The standard InChI is InChI=1S/C13H18ClN3OS/c14-10-2-3-11(15)12(8-10)19-9-13(18)17-6-1-4-16-5-7-17/h2-3,8,16H,1,4-7,9,15H2. The average Bonchev–Trinajstić information content (AvgIpc) is 2.68. The van der Waals surface area contributed by atoms with Crippen LogP contribution in [0.4, 0.5) is 5.69 Å². The summed E-state index contributed by atoms with van der Waals surface area (Å²) in [4.78, 5) is 14.9. The number of carbonyl (C=O) groups is 1. The smallest absolute Gasteiger partial charge is 0.232 e. The Balaban J connectivity index is 1.90. The molecule has 1 heterocycles. The lowest BCUT2D eigenvalue weighted by Gasteiger charge is -2.19. The Hall–Kier alpha value is -0.910. The molecule has 1 aromatic rings. The molecule has 1 aliphatic rings. The van der Waals surface area contributed by atoms with Gasteiger partial charge in [0.2, 0.25) is 5.91 Å². The molecule has 1 aromatic carbocycles. The van der Waals surface area contributed by atoms with Crippen LogP contribution in [0.1, 0.15) is 6.42 Å². The van der Waals surface area contributed by atoms with Crippen molar-refractivity contribution < 1.29 is 4.79 Å². The molecule has 0 bridgehead atoms. The molecule has 0 saturated carbocycles. The van der Waals surface area contributed by atoms with Crippen LogP contribution in [0, 0.1) is 0 Å². The van der Waals surface area contributed by atoms with Crippen LogP contribution in [0.15, 0.2) is 23.1 Å². The first-order valence-electron chi connectivity index (χ1n) is 6.33. The number of thioether (sulfide) groups is 1. The third-order valence-corrected chi connectivity index (χ3v) is 4.31. The highest BCUT2D eigenvalue weighted by Gasteiger charge is 2.15. The maximum atomic E-state index is 12.1. The van der Waals surface area contributed by atoms with Gasteiger partial charge in [0.1, 0.15) is 0 Å². The normalized spacial score (nSPS) is 16.2. The van der Waals surface area contributed by atoms with E-state index in [1.807, 2.05) is 4.90 Å². The van der Waals surface area contributed by atoms with Crippen LogP contribution in [0.5, 0.6) is 0 Å². The van der Waals surface area contributed by atoms with Gasteiger partial charge in [-0.15, -0.1) is 11.8 Å². The van der Waals surface area contributed by atoms with Gasteiger partial charge in [-0.3, -0.25) is 4.79 Å². The molecule has 1 aliphatic heterocycles. The monoisotopic (exact) mass is 299 g/mol. The maximum absolute atomic E-state index is 12.1. The number of hydrogen-bond donors (Lipinski definition) is 2. The molecule has 0 unspecified atom stereocenters. The zero-order valence-corrected chi connectivity index (χ0v) is 12.3. The molecule has 2 rings (SSSR count). The van der Waals surface area contributed by atoms with E-state index in [1.54, 1.807) is 18.2 Å². The summed E-state index contributed by atoms with van der Waals surface area (Å²) in [6.45, 7) is 3.47. The fourth-order valence-electron chi connectivity index (χ4n) is 1.96. The third-order valence-electron chi connectivity index (χ3n) is 3.02. The number of benzene rings is 1. The zero-order valence-electron chi connectivity index (χ0n) is 10.7. The summed E-state index contributed by atoms with van der Waals surface area (Å²) in [5, 5.41) is 3.93.